The van der Waals surface area contributed by atoms with Crippen LogP contribution in [0.25, 0.3) is 11.1 Å². The molecule has 0 unspecified atom stereocenters. The second-order valence-electron chi connectivity index (χ2n) is 11.4. The van der Waals surface area contributed by atoms with Crippen molar-refractivity contribution in [2.45, 2.75) is 71.2 Å². The number of ether oxygens (including phenoxy) is 3. The molecule has 1 spiro atoms. The molecule has 2 aromatic rings. The van der Waals surface area contributed by atoms with Crippen LogP contribution in [0.5, 0.6) is 5.75 Å². The zero-order chi connectivity index (χ0) is 26.3. The van der Waals surface area contributed by atoms with Gasteiger partial charge in [-0.05, 0) is 78.4 Å². The van der Waals surface area contributed by atoms with Crippen LogP contribution in [0.2, 0.25) is 0 Å². The molecule has 36 heavy (non-hydrogen) atoms. The Balaban J connectivity index is 1.71. The van der Waals surface area contributed by atoms with E-state index in [1.54, 1.807) is 65.9 Å². The van der Waals surface area contributed by atoms with E-state index in [-0.39, 0.29) is 5.78 Å². The lowest BCUT2D eigenvalue weighted by Crippen LogP contribution is -2.59. The third-order valence-electron chi connectivity index (χ3n) is 6.15. The first kappa shape index (κ1) is 25.8. The number of Topliss-reactive ketones (excluding diaryl/α,β-unsaturated/α-hetero) is 1. The third-order valence-corrected chi connectivity index (χ3v) is 6.15. The van der Waals surface area contributed by atoms with E-state index in [4.69, 9.17) is 14.2 Å². The maximum absolute atomic E-state index is 13.8. The number of esters is 2. The van der Waals surface area contributed by atoms with Crippen molar-refractivity contribution in [2.24, 2.45) is 5.92 Å². The Morgan fingerprint density at radius 2 is 1.64 bits per heavy atom. The topological polar surface area (TPSA) is 104 Å². The van der Waals surface area contributed by atoms with Crippen molar-refractivity contribution in [1.29, 1.82) is 0 Å². The lowest BCUT2D eigenvalue weighted by Gasteiger charge is -2.45. The Morgan fingerprint density at radius 3 is 2.28 bits per heavy atom. The van der Waals surface area contributed by atoms with Crippen molar-refractivity contribution < 1.29 is 28.6 Å². The standard InChI is InChI=1S/C28H34N2O6/c1-26(2,3)35-24(32)19-13-18(15-30-16-19)17-7-8-21-20(14-17)23(31)22(25(33)36-27(4,5)6)28(34-21)9-11-29-12-10-28/h7-8,13-16,22,29H,9-12H2,1-6H3/t22-/m1/s1. The fourth-order valence-electron chi connectivity index (χ4n) is 4.63. The smallest absolute Gasteiger partial charge is 0.340 e. The van der Waals surface area contributed by atoms with Crippen LogP contribution in [0.4, 0.5) is 0 Å². The summed E-state index contributed by atoms with van der Waals surface area (Å²) in [7, 11) is 0. The number of fused-ring (bicyclic) bond motifs is 1. The quantitative estimate of drug-likeness (QED) is 0.496. The molecule has 8 nitrogen and oxygen atoms in total. The highest BCUT2D eigenvalue weighted by molar-refractivity contribution is 6.12. The van der Waals surface area contributed by atoms with Gasteiger partial charge >= 0.3 is 11.9 Å². The molecule has 1 saturated heterocycles. The number of pyridine rings is 1. The minimum absolute atomic E-state index is 0.308. The summed E-state index contributed by atoms with van der Waals surface area (Å²) in [4.78, 5) is 43.9. The number of benzene rings is 1. The molecule has 8 heteroatoms. The van der Waals surface area contributed by atoms with Gasteiger partial charge in [-0.2, -0.15) is 0 Å². The fraction of sp³-hybridized carbons (Fsp3) is 0.500. The third kappa shape index (κ3) is 5.43. The number of piperidine rings is 1. The molecular weight excluding hydrogens is 460 g/mol. The first-order valence-electron chi connectivity index (χ1n) is 12.3. The van der Waals surface area contributed by atoms with E-state index in [9.17, 15) is 14.4 Å². The van der Waals surface area contributed by atoms with Gasteiger partial charge in [0.05, 0.1) is 11.1 Å². The predicted octanol–water partition coefficient (Wildman–Crippen LogP) is 4.36. The summed E-state index contributed by atoms with van der Waals surface area (Å²) < 4.78 is 17.6. The van der Waals surface area contributed by atoms with Crippen molar-refractivity contribution in [1.82, 2.24) is 10.3 Å². The SMILES string of the molecule is CC(C)(C)OC(=O)c1cncc(-c2ccc3c(c2)C(=O)[C@H](C(=O)OC(C)(C)C)C2(CCNCC2)O3)c1. The molecule has 1 N–H and O–H groups in total. The lowest BCUT2D eigenvalue weighted by atomic mass is 9.73. The van der Waals surface area contributed by atoms with E-state index < -0.39 is 34.7 Å². The van der Waals surface area contributed by atoms with Gasteiger partial charge < -0.3 is 19.5 Å². The molecule has 2 aliphatic rings. The summed E-state index contributed by atoms with van der Waals surface area (Å²) in [5.74, 6) is -1.98. The Morgan fingerprint density at radius 1 is 0.972 bits per heavy atom. The second kappa shape index (κ2) is 9.32. The van der Waals surface area contributed by atoms with E-state index in [2.05, 4.69) is 10.3 Å². The van der Waals surface area contributed by atoms with Gasteiger partial charge in [-0.3, -0.25) is 14.6 Å². The van der Waals surface area contributed by atoms with Crippen molar-refractivity contribution in [3.05, 3.63) is 47.8 Å². The largest absolute Gasteiger partial charge is 0.485 e. The van der Waals surface area contributed by atoms with E-state index in [1.807, 2.05) is 6.07 Å². The monoisotopic (exact) mass is 494 g/mol. The van der Waals surface area contributed by atoms with Gasteiger partial charge in [0.15, 0.2) is 11.7 Å². The van der Waals surface area contributed by atoms with Crippen molar-refractivity contribution in [2.75, 3.05) is 13.1 Å². The highest BCUT2D eigenvalue weighted by Crippen LogP contribution is 2.44. The molecule has 4 rings (SSSR count). The Labute approximate surface area is 211 Å². The summed E-state index contributed by atoms with van der Waals surface area (Å²) in [5, 5.41) is 3.27. The minimum atomic E-state index is -1.06. The molecule has 192 valence electrons. The molecule has 0 aliphatic carbocycles. The van der Waals surface area contributed by atoms with Crippen LogP contribution in [0.15, 0.2) is 36.7 Å². The lowest BCUT2D eigenvalue weighted by molar-refractivity contribution is -0.167. The Kier molecular flexibility index (Phi) is 6.68. The summed E-state index contributed by atoms with van der Waals surface area (Å²) in [5.41, 5.74) is -0.376. The van der Waals surface area contributed by atoms with Crippen LogP contribution in [-0.2, 0) is 14.3 Å². The number of aromatic nitrogens is 1. The predicted molar refractivity (Wildman–Crippen MR) is 134 cm³/mol. The van der Waals surface area contributed by atoms with Crippen LogP contribution in [-0.4, -0.2) is 52.6 Å². The molecule has 0 saturated carbocycles. The van der Waals surface area contributed by atoms with Gasteiger partial charge in [0.1, 0.15) is 22.6 Å². The number of carbonyl (C=O) groups is 3. The zero-order valence-corrected chi connectivity index (χ0v) is 21.8. The normalized spacial score (nSPS) is 19.3. The molecule has 1 fully saturated rings. The van der Waals surface area contributed by atoms with Crippen molar-refractivity contribution >= 4 is 17.7 Å². The number of hydrogen-bond donors (Lipinski definition) is 1. The van der Waals surface area contributed by atoms with E-state index in [1.165, 1.54) is 6.20 Å². The number of rotatable bonds is 3. The van der Waals surface area contributed by atoms with Crippen LogP contribution in [0.1, 0.15) is 75.1 Å². The minimum Gasteiger partial charge on any atom is -0.485 e. The highest BCUT2D eigenvalue weighted by atomic mass is 16.6. The highest BCUT2D eigenvalue weighted by Gasteiger charge is 2.55. The van der Waals surface area contributed by atoms with E-state index >= 15 is 0 Å². The number of hydrogen-bond acceptors (Lipinski definition) is 8. The van der Waals surface area contributed by atoms with Gasteiger partial charge in [-0.15, -0.1) is 0 Å². The molecule has 2 aliphatic heterocycles. The number of nitrogens with zero attached hydrogens (tertiary/aromatic N) is 1. The number of carbonyl (C=O) groups excluding carboxylic acids is 3. The second-order valence-corrected chi connectivity index (χ2v) is 11.4. The van der Waals surface area contributed by atoms with E-state index in [0.717, 1.165) is 0 Å². The summed E-state index contributed by atoms with van der Waals surface area (Å²) in [6.45, 7) is 12.0. The molecule has 3 heterocycles. The Bertz CT molecular complexity index is 1190. The maximum Gasteiger partial charge on any atom is 0.340 e. The zero-order valence-electron chi connectivity index (χ0n) is 21.8. The van der Waals surface area contributed by atoms with Gasteiger partial charge in [0, 0.05) is 30.8 Å². The van der Waals surface area contributed by atoms with Crippen LogP contribution < -0.4 is 10.1 Å². The first-order valence-corrected chi connectivity index (χ1v) is 12.3. The molecule has 0 radical (unpaired) electrons. The average molecular weight is 495 g/mol. The van der Waals surface area contributed by atoms with Crippen LogP contribution in [0, 0.1) is 5.92 Å². The Hall–Kier alpha value is -3.26. The maximum atomic E-state index is 13.8. The molecular formula is C28H34N2O6. The molecule has 1 aromatic carbocycles. The number of ketones is 1. The van der Waals surface area contributed by atoms with Gasteiger partial charge in [-0.1, -0.05) is 6.07 Å². The summed E-state index contributed by atoms with van der Waals surface area (Å²) in [6, 6.07) is 6.94. The number of nitrogens with one attached hydrogen (secondary N) is 1. The summed E-state index contributed by atoms with van der Waals surface area (Å²) in [6.07, 6.45) is 4.10. The molecule has 1 aromatic heterocycles. The average Bonchev–Trinajstić information content (AvgIpc) is 2.77. The van der Waals surface area contributed by atoms with Crippen molar-refractivity contribution in [3.8, 4) is 16.9 Å². The van der Waals surface area contributed by atoms with Crippen molar-refractivity contribution in [3.63, 3.8) is 0 Å². The van der Waals surface area contributed by atoms with Crippen LogP contribution >= 0.6 is 0 Å². The fourth-order valence-corrected chi connectivity index (χ4v) is 4.63. The molecule has 0 bridgehead atoms. The molecule has 0 amide bonds. The van der Waals surface area contributed by atoms with E-state index in [0.29, 0.717) is 53.9 Å². The van der Waals surface area contributed by atoms with Gasteiger partial charge in [0.2, 0.25) is 0 Å². The molecule has 1 atom stereocenters. The van der Waals surface area contributed by atoms with Gasteiger partial charge in [0.25, 0.3) is 0 Å². The van der Waals surface area contributed by atoms with Crippen LogP contribution in [0.3, 0.4) is 0 Å². The summed E-state index contributed by atoms with van der Waals surface area (Å²) >= 11 is 0. The van der Waals surface area contributed by atoms with Gasteiger partial charge in [-0.25, -0.2) is 4.79 Å². The first-order chi connectivity index (χ1) is 16.8.